The van der Waals surface area contributed by atoms with Gasteiger partial charge in [-0.25, -0.2) is 0 Å². The molecule has 0 fully saturated rings. The first kappa shape index (κ1) is 11.0. The smallest absolute Gasteiger partial charge is 0.512 e. The van der Waals surface area contributed by atoms with Gasteiger partial charge in [-0.1, -0.05) is 11.3 Å². The predicted octanol–water partition coefficient (Wildman–Crippen LogP) is -0.530. The second kappa shape index (κ2) is 4.16. The van der Waals surface area contributed by atoms with E-state index in [1.165, 1.54) is 19.2 Å². The Kier molecular flexibility index (Phi) is 2.86. The highest BCUT2D eigenvalue weighted by atomic mass is 32.1. The summed E-state index contributed by atoms with van der Waals surface area (Å²) in [6.45, 7) is 0. The van der Waals surface area contributed by atoms with E-state index in [1.807, 2.05) is 0 Å². The maximum Gasteiger partial charge on any atom is 0.707 e. The number of hydrogen-bond acceptors (Lipinski definition) is 6. The standard InChI is InChI=1S/C8H8BNO5S/c1-14-10-6-3-2-5(15-9(12)13)4-7(6)16-8(10)11/h2-4,12-13H,1H3. The lowest BCUT2D eigenvalue weighted by Gasteiger charge is -2.04. The summed E-state index contributed by atoms with van der Waals surface area (Å²) in [5.74, 6) is 0.270. The van der Waals surface area contributed by atoms with Crippen molar-refractivity contribution in [2.45, 2.75) is 0 Å². The number of nitrogens with zero attached hydrogens (tertiary/aromatic N) is 1. The van der Waals surface area contributed by atoms with Crippen molar-refractivity contribution in [1.29, 1.82) is 0 Å². The van der Waals surface area contributed by atoms with Gasteiger partial charge in [0.15, 0.2) is 0 Å². The topological polar surface area (TPSA) is 80.9 Å². The molecule has 2 aromatic rings. The third-order valence-electron chi connectivity index (χ3n) is 1.94. The lowest BCUT2D eigenvalue weighted by atomic mass is 10.2. The van der Waals surface area contributed by atoms with Crippen LogP contribution in [-0.4, -0.2) is 29.2 Å². The fourth-order valence-electron chi connectivity index (χ4n) is 1.35. The second-order valence-electron chi connectivity index (χ2n) is 2.92. The highest BCUT2D eigenvalue weighted by Crippen LogP contribution is 2.22. The van der Waals surface area contributed by atoms with Crippen LogP contribution in [-0.2, 0) is 0 Å². The van der Waals surface area contributed by atoms with Gasteiger partial charge in [0, 0.05) is 0 Å². The van der Waals surface area contributed by atoms with Gasteiger partial charge in [0.25, 0.3) is 0 Å². The number of aromatic nitrogens is 1. The average molecular weight is 241 g/mol. The Labute approximate surface area is 94.4 Å². The first-order valence-electron chi connectivity index (χ1n) is 4.34. The van der Waals surface area contributed by atoms with Crippen molar-refractivity contribution in [3.63, 3.8) is 0 Å². The molecule has 2 N–H and O–H groups in total. The maximum absolute atomic E-state index is 11.4. The van der Waals surface area contributed by atoms with Crippen molar-refractivity contribution in [2.75, 3.05) is 7.11 Å². The molecule has 0 aliphatic heterocycles. The van der Waals surface area contributed by atoms with E-state index in [0.717, 1.165) is 16.1 Å². The van der Waals surface area contributed by atoms with Gasteiger partial charge in [0.05, 0.1) is 4.70 Å². The summed E-state index contributed by atoms with van der Waals surface area (Å²) < 4.78 is 6.47. The molecule has 0 aliphatic carbocycles. The molecule has 84 valence electrons. The van der Waals surface area contributed by atoms with Gasteiger partial charge in [-0.15, -0.1) is 4.73 Å². The number of thiazole rings is 1. The Balaban J connectivity index is 2.51. The van der Waals surface area contributed by atoms with Gasteiger partial charge in [-0.3, -0.25) is 4.79 Å². The van der Waals surface area contributed by atoms with E-state index < -0.39 is 7.32 Å². The fourth-order valence-corrected chi connectivity index (χ4v) is 2.22. The van der Waals surface area contributed by atoms with E-state index in [-0.39, 0.29) is 10.6 Å². The first-order chi connectivity index (χ1) is 7.61. The number of fused-ring (bicyclic) bond motifs is 1. The molecule has 0 saturated carbocycles. The van der Waals surface area contributed by atoms with Crippen molar-refractivity contribution in [3.8, 4) is 5.75 Å². The summed E-state index contributed by atoms with van der Waals surface area (Å²) in [7, 11) is -0.478. The van der Waals surface area contributed by atoms with Crippen LogP contribution >= 0.6 is 11.3 Å². The molecular weight excluding hydrogens is 233 g/mol. The summed E-state index contributed by atoms with van der Waals surface area (Å²) >= 11 is 0.984. The summed E-state index contributed by atoms with van der Waals surface area (Å²) in [4.78, 5) is 16.1. The average Bonchev–Trinajstić information content (AvgIpc) is 2.51. The Morgan fingerprint density at radius 1 is 1.44 bits per heavy atom. The van der Waals surface area contributed by atoms with Gasteiger partial charge in [-0.05, 0) is 18.2 Å². The lowest BCUT2D eigenvalue weighted by Crippen LogP contribution is -2.20. The molecule has 0 radical (unpaired) electrons. The van der Waals surface area contributed by atoms with Crippen LogP contribution < -0.4 is 14.4 Å². The van der Waals surface area contributed by atoms with Gasteiger partial charge >= 0.3 is 12.2 Å². The fraction of sp³-hybridized carbons (Fsp3) is 0.125. The third kappa shape index (κ3) is 1.90. The Hall–Kier alpha value is -1.51. The Morgan fingerprint density at radius 3 is 2.81 bits per heavy atom. The minimum Gasteiger partial charge on any atom is -0.512 e. The Bertz CT molecular complexity index is 563. The van der Waals surface area contributed by atoms with Crippen LogP contribution in [0.25, 0.3) is 10.2 Å². The maximum atomic E-state index is 11.4. The van der Waals surface area contributed by atoms with Crippen molar-refractivity contribution in [3.05, 3.63) is 27.9 Å². The molecule has 0 saturated heterocycles. The summed E-state index contributed by atoms with van der Waals surface area (Å²) in [6, 6.07) is 4.66. The second-order valence-corrected chi connectivity index (χ2v) is 3.91. The van der Waals surface area contributed by atoms with Crippen LogP contribution in [0.3, 0.4) is 0 Å². The molecule has 0 spiro atoms. The van der Waals surface area contributed by atoms with E-state index in [1.54, 1.807) is 6.07 Å². The summed E-state index contributed by atoms with van der Waals surface area (Å²) in [5, 5.41) is 17.3. The molecule has 8 heteroatoms. The Morgan fingerprint density at radius 2 is 2.19 bits per heavy atom. The number of hydrogen-bond donors (Lipinski definition) is 2. The van der Waals surface area contributed by atoms with E-state index in [4.69, 9.17) is 14.9 Å². The van der Waals surface area contributed by atoms with Crippen molar-refractivity contribution in [2.24, 2.45) is 0 Å². The van der Waals surface area contributed by atoms with Crippen LogP contribution in [0.1, 0.15) is 0 Å². The van der Waals surface area contributed by atoms with Crippen LogP contribution in [0, 0.1) is 0 Å². The van der Waals surface area contributed by atoms with E-state index in [9.17, 15) is 4.79 Å². The molecule has 6 nitrogen and oxygen atoms in total. The van der Waals surface area contributed by atoms with Crippen molar-refractivity contribution < 1.29 is 19.5 Å². The van der Waals surface area contributed by atoms with Gasteiger partial charge in [0.1, 0.15) is 18.4 Å². The molecule has 16 heavy (non-hydrogen) atoms. The van der Waals surface area contributed by atoms with Gasteiger partial charge in [-0.2, -0.15) is 0 Å². The first-order valence-corrected chi connectivity index (χ1v) is 5.16. The minimum atomic E-state index is -1.88. The molecule has 0 aliphatic rings. The normalized spacial score (nSPS) is 10.4. The quantitative estimate of drug-likeness (QED) is 0.706. The number of benzene rings is 1. The third-order valence-corrected chi connectivity index (χ3v) is 2.82. The van der Waals surface area contributed by atoms with Gasteiger partial charge < -0.3 is 19.5 Å². The lowest BCUT2D eigenvalue weighted by molar-refractivity contribution is 0.173. The minimum absolute atomic E-state index is 0.251. The number of rotatable bonds is 3. The highest BCUT2D eigenvalue weighted by Gasteiger charge is 2.13. The monoisotopic (exact) mass is 241 g/mol. The van der Waals surface area contributed by atoms with Crippen molar-refractivity contribution in [1.82, 2.24) is 4.73 Å². The summed E-state index contributed by atoms with van der Waals surface area (Å²) in [5.41, 5.74) is 0.609. The summed E-state index contributed by atoms with van der Waals surface area (Å²) in [6.07, 6.45) is 0. The van der Waals surface area contributed by atoms with E-state index in [2.05, 4.69) is 4.65 Å². The largest absolute Gasteiger partial charge is 0.707 e. The van der Waals surface area contributed by atoms with Crippen LogP contribution in [0.4, 0.5) is 0 Å². The van der Waals surface area contributed by atoms with E-state index in [0.29, 0.717) is 10.2 Å². The molecule has 0 atom stereocenters. The predicted molar refractivity (Wildman–Crippen MR) is 59.4 cm³/mol. The SMILES string of the molecule is COn1c(=O)sc2cc(OB(O)O)ccc21. The molecule has 0 amide bonds. The van der Waals surface area contributed by atoms with E-state index >= 15 is 0 Å². The zero-order valence-corrected chi connectivity index (χ0v) is 9.10. The zero-order valence-electron chi connectivity index (χ0n) is 8.28. The molecular formula is C8H8BNO5S. The molecule has 1 aromatic heterocycles. The molecule has 1 aromatic carbocycles. The molecule has 0 unspecified atom stereocenters. The molecule has 1 heterocycles. The van der Waals surface area contributed by atoms with Gasteiger partial charge in [0.2, 0.25) is 0 Å². The molecule has 2 rings (SSSR count). The van der Waals surface area contributed by atoms with Crippen LogP contribution in [0.2, 0.25) is 0 Å². The molecule has 0 bridgehead atoms. The highest BCUT2D eigenvalue weighted by molar-refractivity contribution is 7.16. The van der Waals surface area contributed by atoms with Crippen LogP contribution in [0.15, 0.2) is 23.0 Å². The van der Waals surface area contributed by atoms with Crippen LogP contribution in [0.5, 0.6) is 5.75 Å². The van der Waals surface area contributed by atoms with Crippen molar-refractivity contribution >= 4 is 28.9 Å². The zero-order chi connectivity index (χ0) is 11.7.